The van der Waals surface area contributed by atoms with Crippen molar-refractivity contribution in [2.45, 2.75) is 24.3 Å². The van der Waals surface area contributed by atoms with Gasteiger partial charge in [0.25, 0.3) is 0 Å². The summed E-state index contributed by atoms with van der Waals surface area (Å²) in [5, 5.41) is 10.1. The van der Waals surface area contributed by atoms with E-state index in [0.717, 1.165) is 28.0 Å². The quantitative estimate of drug-likeness (QED) is 0.428. The molecular weight excluding hydrogens is 342 g/mol. The van der Waals surface area contributed by atoms with E-state index in [2.05, 4.69) is 58.1 Å². The van der Waals surface area contributed by atoms with Gasteiger partial charge in [0.05, 0.1) is 11.8 Å². The number of hydrogen-bond acceptors (Lipinski definition) is 4. The van der Waals surface area contributed by atoms with Crippen LogP contribution >= 0.6 is 11.8 Å². The first-order valence-corrected chi connectivity index (χ1v) is 9.39. The van der Waals surface area contributed by atoms with Crippen molar-refractivity contribution >= 4 is 11.8 Å². The van der Waals surface area contributed by atoms with Gasteiger partial charge in [-0.3, -0.25) is 4.57 Å². The molecule has 4 aromatic rings. The zero-order valence-electron chi connectivity index (χ0n) is 14.7. The molecule has 0 unspecified atom stereocenters. The van der Waals surface area contributed by atoms with E-state index in [0.29, 0.717) is 0 Å². The van der Waals surface area contributed by atoms with Gasteiger partial charge in [-0.1, -0.05) is 60.3 Å². The monoisotopic (exact) mass is 361 g/mol. The standard InChI is InChI=1S/C21H19N3OS/c1-15-19(13-14-25-15)20-22-23-21(24(20)18-11-7-4-8-12-18)26-16(2)17-9-5-3-6-10-17/h3-14,16H,1-2H3/t16-/m1/s1. The third-order valence-corrected chi connectivity index (χ3v) is 5.40. The van der Waals surface area contributed by atoms with Gasteiger partial charge in [-0.25, -0.2) is 0 Å². The van der Waals surface area contributed by atoms with Gasteiger partial charge in [0.1, 0.15) is 5.76 Å². The maximum atomic E-state index is 5.48. The third-order valence-electron chi connectivity index (χ3n) is 4.30. The molecular formula is C21H19N3OS. The van der Waals surface area contributed by atoms with E-state index in [9.17, 15) is 0 Å². The van der Waals surface area contributed by atoms with Gasteiger partial charge in [-0.05, 0) is 37.6 Å². The maximum absolute atomic E-state index is 5.48. The summed E-state index contributed by atoms with van der Waals surface area (Å²) in [5.41, 5.74) is 3.26. The van der Waals surface area contributed by atoms with Crippen molar-refractivity contribution in [3.8, 4) is 17.1 Å². The van der Waals surface area contributed by atoms with Crippen molar-refractivity contribution in [3.63, 3.8) is 0 Å². The molecule has 0 aliphatic heterocycles. The van der Waals surface area contributed by atoms with E-state index in [-0.39, 0.29) is 5.25 Å². The second-order valence-corrected chi connectivity index (χ2v) is 7.35. The number of thioether (sulfide) groups is 1. The Morgan fingerprint density at radius 3 is 2.27 bits per heavy atom. The van der Waals surface area contributed by atoms with Gasteiger partial charge < -0.3 is 4.42 Å². The molecule has 2 heterocycles. The van der Waals surface area contributed by atoms with E-state index < -0.39 is 0 Å². The van der Waals surface area contributed by atoms with Gasteiger partial charge >= 0.3 is 0 Å². The Balaban J connectivity index is 1.78. The van der Waals surface area contributed by atoms with Crippen molar-refractivity contribution in [1.29, 1.82) is 0 Å². The first-order chi connectivity index (χ1) is 12.7. The number of aryl methyl sites for hydroxylation is 1. The number of benzene rings is 2. The molecule has 1 atom stereocenters. The molecule has 0 saturated heterocycles. The van der Waals surface area contributed by atoms with Crippen LogP contribution < -0.4 is 0 Å². The molecule has 0 N–H and O–H groups in total. The van der Waals surface area contributed by atoms with Crippen LogP contribution in [0.1, 0.15) is 23.5 Å². The van der Waals surface area contributed by atoms with Crippen molar-refractivity contribution in [3.05, 3.63) is 84.3 Å². The first-order valence-electron chi connectivity index (χ1n) is 8.51. The zero-order chi connectivity index (χ0) is 17.9. The van der Waals surface area contributed by atoms with Crippen molar-refractivity contribution in [2.75, 3.05) is 0 Å². The molecule has 5 heteroatoms. The Labute approximate surface area is 156 Å². The summed E-state index contributed by atoms with van der Waals surface area (Å²) in [6, 6.07) is 22.6. The molecule has 0 saturated carbocycles. The van der Waals surface area contributed by atoms with Crippen LogP contribution in [0.3, 0.4) is 0 Å². The lowest BCUT2D eigenvalue weighted by molar-refractivity contribution is 0.535. The van der Waals surface area contributed by atoms with Gasteiger partial charge in [0.15, 0.2) is 11.0 Å². The molecule has 0 aliphatic carbocycles. The minimum absolute atomic E-state index is 0.265. The minimum atomic E-state index is 0.265. The fourth-order valence-electron chi connectivity index (χ4n) is 2.90. The Morgan fingerprint density at radius 2 is 1.62 bits per heavy atom. The Hall–Kier alpha value is -2.79. The number of rotatable bonds is 5. The first kappa shape index (κ1) is 16.7. The van der Waals surface area contributed by atoms with Crippen molar-refractivity contribution < 1.29 is 4.42 Å². The Bertz CT molecular complexity index is 993. The molecule has 0 aliphatic rings. The van der Waals surface area contributed by atoms with Crippen molar-refractivity contribution in [1.82, 2.24) is 14.8 Å². The fourth-order valence-corrected chi connectivity index (χ4v) is 3.89. The average Bonchev–Trinajstić information content (AvgIpc) is 3.29. The molecule has 4 rings (SSSR count). The van der Waals surface area contributed by atoms with E-state index in [1.165, 1.54) is 5.56 Å². The molecule has 0 amide bonds. The summed E-state index contributed by atoms with van der Waals surface area (Å²) in [5.74, 6) is 1.63. The number of aromatic nitrogens is 3. The van der Waals surface area contributed by atoms with Crippen LogP contribution in [0.25, 0.3) is 17.1 Å². The van der Waals surface area contributed by atoms with E-state index in [4.69, 9.17) is 4.42 Å². The van der Waals surface area contributed by atoms with E-state index >= 15 is 0 Å². The van der Waals surface area contributed by atoms with Crippen LogP contribution in [0, 0.1) is 6.92 Å². The average molecular weight is 361 g/mol. The fraction of sp³-hybridized carbons (Fsp3) is 0.143. The lowest BCUT2D eigenvalue weighted by atomic mass is 10.2. The molecule has 0 fully saturated rings. The summed E-state index contributed by atoms with van der Waals surface area (Å²) in [6.45, 7) is 4.13. The Morgan fingerprint density at radius 1 is 0.923 bits per heavy atom. The van der Waals surface area contributed by atoms with Gasteiger partial charge in [0, 0.05) is 10.9 Å². The zero-order valence-corrected chi connectivity index (χ0v) is 15.5. The predicted molar refractivity (Wildman–Crippen MR) is 105 cm³/mol. The molecule has 0 bridgehead atoms. The molecule has 0 spiro atoms. The summed E-state index contributed by atoms with van der Waals surface area (Å²) in [6.07, 6.45) is 1.69. The summed E-state index contributed by atoms with van der Waals surface area (Å²) < 4.78 is 7.58. The largest absolute Gasteiger partial charge is 0.469 e. The van der Waals surface area contributed by atoms with Crippen LogP contribution in [0.5, 0.6) is 0 Å². The smallest absolute Gasteiger partial charge is 0.196 e. The van der Waals surface area contributed by atoms with Gasteiger partial charge in [0.2, 0.25) is 0 Å². The number of nitrogens with zero attached hydrogens (tertiary/aromatic N) is 3. The lowest BCUT2D eigenvalue weighted by Gasteiger charge is -2.13. The molecule has 0 radical (unpaired) electrons. The van der Waals surface area contributed by atoms with E-state index in [1.54, 1.807) is 18.0 Å². The highest BCUT2D eigenvalue weighted by atomic mass is 32.2. The third kappa shape index (κ3) is 3.18. The van der Waals surface area contributed by atoms with Crippen molar-refractivity contribution in [2.24, 2.45) is 0 Å². The van der Waals surface area contributed by atoms with Crippen LogP contribution in [0.2, 0.25) is 0 Å². The summed E-state index contributed by atoms with van der Waals surface area (Å²) >= 11 is 1.70. The molecule has 2 aromatic heterocycles. The van der Waals surface area contributed by atoms with Crippen LogP contribution in [-0.2, 0) is 0 Å². The highest BCUT2D eigenvalue weighted by Crippen LogP contribution is 2.37. The number of furan rings is 1. The molecule has 26 heavy (non-hydrogen) atoms. The SMILES string of the molecule is Cc1occc1-c1nnc(S[C@H](C)c2ccccc2)n1-c1ccccc1. The summed E-state index contributed by atoms with van der Waals surface area (Å²) in [4.78, 5) is 0. The van der Waals surface area contributed by atoms with E-state index in [1.807, 2.05) is 37.3 Å². The van der Waals surface area contributed by atoms with Crippen LogP contribution in [0.4, 0.5) is 0 Å². The number of para-hydroxylation sites is 1. The minimum Gasteiger partial charge on any atom is -0.469 e. The van der Waals surface area contributed by atoms with Crippen LogP contribution in [0.15, 0.2) is 82.6 Å². The highest BCUT2D eigenvalue weighted by Gasteiger charge is 2.20. The molecule has 2 aromatic carbocycles. The maximum Gasteiger partial charge on any atom is 0.196 e. The van der Waals surface area contributed by atoms with Crippen LogP contribution in [-0.4, -0.2) is 14.8 Å². The Kier molecular flexibility index (Phi) is 4.63. The van der Waals surface area contributed by atoms with Gasteiger partial charge in [-0.2, -0.15) is 0 Å². The van der Waals surface area contributed by atoms with Gasteiger partial charge in [-0.15, -0.1) is 10.2 Å². The normalized spacial score (nSPS) is 12.2. The lowest BCUT2D eigenvalue weighted by Crippen LogP contribution is -2.00. The second kappa shape index (κ2) is 7.22. The molecule has 130 valence electrons. The summed E-state index contributed by atoms with van der Waals surface area (Å²) in [7, 11) is 0. The number of hydrogen-bond donors (Lipinski definition) is 0. The second-order valence-electron chi connectivity index (χ2n) is 6.04. The topological polar surface area (TPSA) is 43.9 Å². The molecule has 4 nitrogen and oxygen atoms in total. The predicted octanol–water partition coefficient (Wildman–Crippen LogP) is 5.69. The highest BCUT2D eigenvalue weighted by molar-refractivity contribution is 7.99.